The van der Waals surface area contributed by atoms with Crippen LogP contribution in [0.4, 0.5) is 5.95 Å². The lowest BCUT2D eigenvalue weighted by Gasteiger charge is -2.27. The number of fused-ring (bicyclic) bond motifs is 1. The van der Waals surface area contributed by atoms with Gasteiger partial charge in [-0.3, -0.25) is 0 Å². The zero-order chi connectivity index (χ0) is 12.4. The number of aromatic nitrogens is 2. The fourth-order valence-electron chi connectivity index (χ4n) is 2.90. The number of piperidine rings is 1. The molecule has 4 heteroatoms. The van der Waals surface area contributed by atoms with Crippen LogP contribution in [0.25, 0.3) is 0 Å². The highest BCUT2D eigenvalue weighted by Crippen LogP contribution is 2.23. The third-order valence-electron chi connectivity index (χ3n) is 3.89. The van der Waals surface area contributed by atoms with Gasteiger partial charge in [0.25, 0.3) is 0 Å². The Balaban J connectivity index is 1.92. The van der Waals surface area contributed by atoms with Crippen LogP contribution >= 0.6 is 0 Å². The summed E-state index contributed by atoms with van der Waals surface area (Å²) in [6.45, 7) is 6.33. The molecule has 1 N–H and O–H groups in total. The first-order chi connectivity index (χ1) is 8.88. The summed E-state index contributed by atoms with van der Waals surface area (Å²) < 4.78 is 0. The Hall–Kier alpha value is -1.16. The predicted octanol–water partition coefficient (Wildman–Crippen LogP) is 2.02. The summed E-state index contributed by atoms with van der Waals surface area (Å²) in [6.07, 6.45) is 6.14. The largest absolute Gasteiger partial charge is 0.341 e. The number of hydrogen-bond acceptors (Lipinski definition) is 4. The van der Waals surface area contributed by atoms with E-state index >= 15 is 0 Å². The zero-order valence-corrected chi connectivity index (χ0v) is 11.2. The number of aryl methyl sites for hydroxylation is 1. The fourth-order valence-corrected chi connectivity index (χ4v) is 2.90. The standard InChI is InChI=1S/C14H22N4/c1-2-6-12-11-9-15-10-13(11)17-14(16-12)18-7-4-3-5-8-18/h15H,2-10H2,1H3. The van der Waals surface area contributed by atoms with Gasteiger partial charge in [0.2, 0.25) is 5.95 Å². The van der Waals surface area contributed by atoms with Gasteiger partial charge in [-0.1, -0.05) is 13.3 Å². The minimum absolute atomic E-state index is 0.912. The number of rotatable bonds is 3. The van der Waals surface area contributed by atoms with Gasteiger partial charge in [-0.2, -0.15) is 0 Å². The molecule has 0 saturated carbocycles. The van der Waals surface area contributed by atoms with Crippen molar-refractivity contribution in [1.29, 1.82) is 0 Å². The number of hydrogen-bond donors (Lipinski definition) is 1. The molecule has 3 rings (SSSR count). The van der Waals surface area contributed by atoms with Gasteiger partial charge in [0, 0.05) is 31.7 Å². The van der Waals surface area contributed by atoms with E-state index in [1.807, 2.05) is 0 Å². The van der Waals surface area contributed by atoms with Gasteiger partial charge in [0.1, 0.15) is 0 Å². The first kappa shape index (κ1) is 11.9. The number of nitrogens with zero attached hydrogens (tertiary/aromatic N) is 3. The summed E-state index contributed by atoms with van der Waals surface area (Å²) in [5, 5.41) is 3.40. The third-order valence-corrected chi connectivity index (χ3v) is 3.89. The Morgan fingerprint density at radius 3 is 2.72 bits per heavy atom. The molecule has 0 spiro atoms. The highest BCUT2D eigenvalue weighted by atomic mass is 15.3. The molecular weight excluding hydrogens is 224 g/mol. The van der Waals surface area contributed by atoms with Gasteiger partial charge in [-0.05, 0) is 25.7 Å². The maximum absolute atomic E-state index is 4.83. The molecular formula is C14H22N4. The maximum atomic E-state index is 4.83. The normalized spacial score (nSPS) is 19.1. The minimum atomic E-state index is 0.912. The molecule has 1 aromatic heterocycles. The van der Waals surface area contributed by atoms with Gasteiger partial charge in [0.15, 0.2) is 0 Å². The van der Waals surface area contributed by atoms with Crippen LogP contribution in [0.3, 0.4) is 0 Å². The van der Waals surface area contributed by atoms with Gasteiger partial charge < -0.3 is 10.2 Å². The van der Waals surface area contributed by atoms with E-state index in [-0.39, 0.29) is 0 Å². The number of anilines is 1. The second kappa shape index (κ2) is 5.22. The summed E-state index contributed by atoms with van der Waals surface area (Å²) in [4.78, 5) is 12.0. The van der Waals surface area contributed by atoms with Crippen molar-refractivity contribution >= 4 is 5.95 Å². The van der Waals surface area contributed by atoms with Crippen molar-refractivity contribution in [3.63, 3.8) is 0 Å². The Kier molecular flexibility index (Phi) is 3.46. The summed E-state index contributed by atoms with van der Waals surface area (Å²) >= 11 is 0. The smallest absolute Gasteiger partial charge is 0.225 e. The van der Waals surface area contributed by atoms with Crippen LogP contribution in [0.2, 0.25) is 0 Å². The molecule has 0 atom stereocenters. The van der Waals surface area contributed by atoms with E-state index in [1.165, 1.54) is 36.2 Å². The Morgan fingerprint density at radius 1 is 1.11 bits per heavy atom. The molecule has 1 aromatic rings. The maximum Gasteiger partial charge on any atom is 0.225 e. The van der Waals surface area contributed by atoms with Crippen LogP contribution in [0, 0.1) is 0 Å². The minimum Gasteiger partial charge on any atom is -0.341 e. The van der Waals surface area contributed by atoms with Crippen molar-refractivity contribution in [3.05, 3.63) is 17.0 Å². The van der Waals surface area contributed by atoms with Gasteiger partial charge in [0.05, 0.1) is 11.4 Å². The summed E-state index contributed by atoms with van der Waals surface area (Å²) in [5.74, 6) is 0.973. The van der Waals surface area contributed by atoms with Crippen molar-refractivity contribution in [3.8, 4) is 0 Å². The predicted molar refractivity (Wildman–Crippen MR) is 72.6 cm³/mol. The van der Waals surface area contributed by atoms with Crippen molar-refractivity contribution in [1.82, 2.24) is 15.3 Å². The van der Waals surface area contributed by atoms with E-state index in [0.717, 1.165) is 45.0 Å². The van der Waals surface area contributed by atoms with Gasteiger partial charge in [-0.25, -0.2) is 9.97 Å². The van der Waals surface area contributed by atoms with E-state index in [0.29, 0.717) is 0 Å². The highest BCUT2D eigenvalue weighted by molar-refractivity contribution is 5.39. The monoisotopic (exact) mass is 246 g/mol. The van der Waals surface area contributed by atoms with E-state index in [4.69, 9.17) is 9.97 Å². The summed E-state index contributed by atoms with van der Waals surface area (Å²) in [6, 6.07) is 0. The van der Waals surface area contributed by atoms with Crippen molar-refractivity contribution < 1.29 is 0 Å². The van der Waals surface area contributed by atoms with Gasteiger partial charge in [-0.15, -0.1) is 0 Å². The first-order valence-corrected chi connectivity index (χ1v) is 7.23. The molecule has 0 bridgehead atoms. The lowest BCUT2D eigenvalue weighted by molar-refractivity contribution is 0.566. The van der Waals surface area contributed by atoms with Crippen molar-refractivity contribution in [2.75, 3.05) is 18.0 Å². The molecule has 0 amide bonds. The molecule has 98 valence electrons. The van der Waals surface area contributed by atoms with Crippen LogP contribution in [-0.2, 0) is 19.5 Å². The second-order valence-corrected chi connectivity index (χ2v) is 5.30. The molecule has 1 saturated heterocycles. The molecule has 0 radical (unpaired) electrons. The lowest BCUT2D eigenvalue weighted by atomic mass is 10.1. The van der Waals surface area contributed by atoms with E-state index in [1.54, 1.807) is 0 Å². The van der Waals surface area contributed by atoms with Crippen LogP contribution in [0.15, 0.2) is 0 Å². The van der Waals surface area contributed by atoms with Crippen LogP contribution in [0.1, 0.15) is 49.6 Å². The van der Waals surface area contributed by atoms with E-state index in [9.17, 15) is 0 Å². The molecule has 2 aliphatic rings. The Labute approximate surface area is 109 Å². The molecule has 0 unspecified atom stereocenters. The average molecular weight is 246 g/mol. The molecule has 0 aromatic carbocycles. The quantitative estimate of drug-likeness (QED) is 0.886. The SMILES string of the molecule is CCCc1nc(N2CCCCC2)nc2c1CNC2. The topological polar surface area (TPSA) is 41.1 Å². The Morgan fingerprint density at radius 2 is 1.94 bits per heavy atom. The lowest BCUT2D eigenvalue weighted by Crippen LogP contribution is -2.31. The summed E-state index contributed by atoms with van der Waals surface area (Å²) in [5.41, 5.74) is 3.86. The number of nitrogens with one attached hydrogen (secondary N) is 1. The van der Waals surface area contributed by atoms with E-state index in [2.05, 4.69) is 17.1 Å². The third kappa shape index (κ3) is 2.21. The molecule has 1 fully saturated rings. The van der Waals surface area contributed by atoms with Crippen LogP contribution in [-0.4, -0.2) is 23.1 Å². The average Bonchev–Trinajstić information content (AvgIpc) is 2.88. The first-order valence-electron chi connectivity index (χ1n) is 7.23. The molecule has 3 heterocycles. The van der Waals surface area contributed by atoms with Crippen LogP contribution in [0.5, 0.6) is 0 Å². The fraction of sp³-hybridized carbons (Fsp3) is 0.714. The zero-order valence-electron chi connectivity index (χ0n) is 11.2. The van der Waals surface area contributed by atoms with Crippen molar-refractivity contribution in [2.24, 2.45) is 0 Å². The van der Waals surface area contributed by atoms with E-state index < -0.39 is 0 Å². The molecule has 2 aliphatic heterocycles. The molecule has 0 aliphatic carbocycles. The second-order valence-electron chi connectivity index (χ2n) is 5.30. The highest BCUT2D eigenvalue weighted by Gasteiger charge is 2.21. The van der Waals surface area contributed by atoms with Crippen LogP contribution < -0.4 is 10.2 Å². The van der Waals surface area contributed by atoms with Crippen molar-refractivity contribution in [2.45, 2.75) is 52.1 Å². The molecule has 4 nitrogen and oxygen atoms in total. The van der Waals surface area contributed by atoms with Gasteiger partial charge >= 0.3 is 0 Å². The molecule has 18 heavy (non-hydrogen) atoms. The Bertz CT molecular complexity index is 424. The summed E-state index contributed by atoms with van der Waals surface area (Å²) in [7, 11) is 0.